The summed E-state index contributed by atoms with van der Waals surface area (Å²) in [5.41, 5.74) is 0.830. The molecule has 0 saturated carbocycles. The summed E-state index contributed by atoms with van der Waals surface area (Å²) in [7, 11) is -3.38. The molecule has 0 saturated heterocycles. The Balaban J connectivity index is 2.54. The molecule has 88 valence electrons. The lowest BCUT2D eigenvalue weighted by molar-refractivity contribution is -0.144. The number of sulfone groups is 1. The molecule has 0 spiro atoms. The van der Waals surface area contributed by atoms with Crippen molar-refractivity contribution in [1.29, 1.82) is 0 Å². The SMILES string of the molecule is CC(C(=O)OCc1ccccc1)S(C)(=O)=O. The van der Waals surface area contributed by atoms with Gasteiger partial charge in [-0.15, -0.1) is 0 Å². The zero-order valence-corrected chi connectivity index (χ0v) is 10.0. The van der Waals surface area contributed by atoms with Crippen molar-refractivity contribution in [2.75, 3.05) is 6.26 Å². The molecular formula is C11H14O4S. The third-order valence-electron chi connectivity index (χ3n) is 2.20. The van der Waals surface area contributed by atoms with E-state index in [1.54, 1.807) is 12.1 Å². The van der Waals surface area contributed by atoms with Crippen molar-refractivity contribution in [3.63, 3.8) is 0 Å². The zero-order valence-electron chi connectivity index (χ0n) is 9.21. The molecule has 0 aliphatic heterocycles. The third-order valence-corrected chi connectivity index (χ3v) is 3.67. The van der Waals surface area contributed by atoms with Crippen molar-refractivity contribution in [2.24, 2.45) is 0 Å². The van der Waals surface area contributed by atoms with Gasteiger partial charge in [-0.2, -0.15) is 0 Å². The second-order valence-corrected chi connectivity index (χ2v) is 5.93. The molecule has 16 heavy (non-hydrogen) atoms. The van der Waals surface area contributed by atoms with Gasteiger partial charge in [0, 0.05) is 6.26 Å². The molecule has 4 nitrogen and oxygen atoms in total. The van der Waals surface area contributed by atoms with E-state index in [2.05, 4.69) is 0 Å². The number of benzene rings is 1. The average Bonchev–Trinajstić information content (AvgIpc) is 2.25. The van der Waals surface area contributed by atoms with Crippen molar-refractivity contribution in [3.8, 4) is 0 Å². The van der Waals surface area contributed by atoms with E-state index in [0.717, 1.165) is 11.8 Å². The Morgan fingerprint density at radius 2 is 1.88 bits per heavy atom. The molecule has 1 aromatic rings. The summed E-state index contributed by atoms with van der Waals surface area (Å²) in [5.74, 6) is -0.716. The maximum absolute atomic E-state index is 11.4. The first kappa shape index (κ1) is 12.7. The third kappa shape index (κ3) is 3.66. The van der Waals surface area contributed by atoms with Gasteiger partial charge in [0.25, 0.3) is 0 Å². The van der Waals surface area contributed by atoms with Gasteiger partial charge in [0.05, 0.1) is 0 Å². The highest BCUT2D eigenvalue weighted by molar-refractivity contribution is 7.92. The fraction of sp³-hybridized carbons (Fsp3) is 0.364. The van der Waals surface area contributed by atoms with Crippen LogP contribution in [0.15, 0.2) is 30.3 Å². The highest BCUT2D eigenvalue weighted by atomic mass is 32.2. The minimum atomic E-state index is -3.38. The number of esters is 1. The Kier molecular flexibility index (Phi) is 4.06. The molecule has 0 aliphatic carbocycles. The minimum Gasteiger partial charge on any atom is -0.460 e. The molecule has 1 aromatic carbocycles. The molecule has 0 aliphatic rings. The van der Waals surface area contributed by atoms with Crippen LogP contribution in [0.1, 0.15) is 12.5 Å². The van der Waals surface area contributed by atoms with E-state index in [4.69, 9.17) is 4.74 Å². The fourth-order valence-corrected chi connectivity index (χ4v) is 1.44. The summed E-state index contributed by atoms with van der Waals surface area (Å²) in [6.45, 7) is 1.42. The van der Waals surface area contributed by atoms with Crippen molar-refractivity contribution < 1.29 is 17.9 Å². The molecule has 0 radical (unpaired) electrons. The number of hydrogen-bond acceptors (Lipinski definition) is 4. The number of hydrogen-bond donors (Lipinski definition) is 0. The van der Waals surface area contributed by atoms with Crippen LogP contribution in [0.3, 0.4) is 0 Å². The fourth-order valence-electron chi connectivity index (χ4n) is 1.02. The van der Waals surface area contributed by atoms with Gasteiger partial charge in [-0.05, 0) is 12.5 Å². The first-order chi connectivity index (χ1) is 7.41. The van der Waals surface area contributed by atoms with Crippen molar-refractivity contribution in [3.05, 3.63) is 35.9 Å². The van der Waals surface area contributed by atoms with Gasteiger partial charge < -0.3 is 4.74 Å². The molecule has 5 heteroatoms. The molecule has 0 amide bonds. The lowest BCUT2D eigenvalue weighted by atomic mass is 10.2. The van der Waals surface area contributed by atoms with Crippen LogP contribution < -0.4 is 0 Å². The zero-order chi connectivity index (χ0) is 12.2. The van der Waals surface area contributed by atoms with E-state index >= 15 is 0 Å². The summed E-state index contributed by atoms with van der Waals surface area (Å²) in [6.07, 6.45) is 1.02. The second kappa shape index (κ2) is 5.12. The Bertz CT molecular complexity index is 450. The molecule has 1 unspecified atom stereocenters. The van der Waals surface area contributed by atoms with E-state index in [1.165, 1.54) is 6.92 Å². The van der Waals surface area contributed by atoms with Gasteiger partial charge in [-0.1, -0.05) is 30.3 Å². The Morgan fingerprint density at radius 1 is 1.31 bits per heavy atom. The molecule has 1 rings (SSSR count). The molecule has 0 aromatic heterocycles. The molecule has 0 fully saturated rings. The Hall–Kier alpha value is -1.36. The van der Waals surface area contributed by atoms with Gasteiger partial charge >= 0.3 is 5.97 Å². The Morgan fingerprint density at radius 3 is 2.38 bits per heavy atom. The van der Waals surface area contributed by atoms with Crippen LogP contribution >= 0.6 is 0 Å². The molecule has 1 atom stereocenters. The van der Waals surface area contributed by atoms with Gasteiger partial charge in [0.2, 0.25) is 0 Å². The maximum atomic E-state index is 11.4. The summed E-state index contributed by atoms with van der Waals surface area (Å²) >= 11 is 0. The largest absolute Gasteiger partial charge is 0.460 e. The summed E-state index contributed by atoms with van der Waals surface area (Å²) in [4.78, 5) is 11.4. The van der Waals surface area contributed by atoms with E-state index in [-0.39, 0.29) is 6.61 Å². The standard InChI is InChI=1S/C11H14O4S/c1-9(16(2,13)14)11(12)15-8-10-6-4-3-5-7-10/h3-7,9H,8H2,1-2H3. The maximum Gasteiger partial charge on any atom is 0.324 e. The topological polar surface area (TPSA) is 60.4 Å². The second-order valence-electron chi connectivity index (χ2n) is 3.57. The lowest BCUT2D eigenvalue weighted by Crippen LogP contribution is -2.28. The molecule has 0 N–H and O–H groups in total. The minimum absolute atomic E-state index is 0.0968. The van der Waals surface area contributed by atoms with Gasteiger partial charge in [-0.3, -0.25) is 4.79 Å². The van der Waals surface area contributed by atoms with Crippen LogP contribution in [0.4, 0.5) is 0 Å². The highest BCUT2D eigenvalue weighted by Gasteiger charge is 2.24. The molecule has 0 heterocycles. The van der Waals surface area contributed by atoms with Gasteiger partial charge in [0.1, 0.15) is 6.61 Å². The summed E-state index contributed by atoms with van der Waals surface area (Å²) in [5, 5.41) is -1.11. The van der Waals surface area contributed by atoms with Gasteiger partial charge in [-0.25, -0.2) is 8.42 Å². The smallest absolute Gasteiger partial charge is 0.324 e. The number of ether oxygens (including phenoxy) is 1. The van der Waals surface area contributed by atoms with Crippen LogP contribution in [0.25, 0.3) is 0 Å². The summed E-state index contributed by atoms with van der Waals surface area (Å²) < 4.78 is 27.1. The number of carbonyl (C=O) groups excluding carboxylic acids is 1. The lowest BCUT2D eigenvalue weighted by Gasteiger charge is -2.09. The number of carbonyl (C=O) groups is 1. The molecule has 0 bridgehead atoms. The predicted octanol–water partition coefficient (Wildman–Crippen LogP) is 1.16. The van der Waals surface area contributed by atoms with Crippen LogP contribution in [-0.4, -0.2) is 25.9 Å². The van der Waals surface area contributed by atoms with E-state index in [0.29, 0.717) is 0 Å². The van der Waals surface area contributed by atoms with E-state index in [1.807, 2.05) is 18.2 Å². The Labute approximate surface area is 95.2 Å². The van der Waals surface area contributed by atoms with Crippen molar-refractivity contribution in [1.82, 2.24) is 0 Å². The van der Waals surface area contributed by atoms with Crippen molar-refractivity contribution >= 4 is 15.8 Å². The van der Waals surface area contributed by atoms with Gasteiger partial charge in [0.15, 0.2) is 15.1 Å². The van der Waals surface area contributed by atoms with Crippen LogP contribution in [-0.2, 0) is 26.0 Å². The van der Waals surface area contributed by atoms with Crippen LogP contribution in [0.5, 0.6) is 0 Å². The quantitative estimate of drug-likeness (QED) is 0.743. The molecular weight excluding hydrogens is 228 g/mol. The number of rotatable bonds is 4. The first-order valence-corrected chi connectivity index (χ1v) is 6.76. The monoisotopic (exact) mass is 242 g/mol. The highest BCUT2D eigenvalue weighted by Crippen LogP contribution is 2.05. The normalized spacial score (nSPS) is 13.1. The van der Waals surface area contributed by atoms with E-state index < -0.39 is 21.1 Å². The van der Waals surface area contributed by atoms with Crippen LogP contribution in [0, 0.1) is 0 Å². The van der Waals surface area contributed by atoms with Crippen molar-refractivity contribution in [2.45, 2.75) is 18.8 Å². The van der Waals surface area contributed by atoms with E-state index in [9.17, 15) is 13.2 Å². The average molecular weight is 242 g/mol. The first-order valence-electron chi connectivity index (χ1n) is 4.80. The van der Waals surface area contributed by atoms with Crippen LogP contribution in [0.2, 0.25) is 0 Å². The predicted molar refractivity (Wildman–Crippen MR) is 60.5 cm³/mol. The summed E-state index contributed by atoms with van der Waals surface area (Å²) in [6, 6.07) is 9.10.